The van der Waals surface area contributed by atoms with Gasteiger partial charge in [0.15, 0.2) is 12.4 Å². The molecule has 0 bridgehead atoms. The summed E-state index contributed by atoms with van der Waals surface area (Å²) in [7, 11) is 1.57. The summed E-state index contributed by atoms with van der Waals surface area (Å²) in [5.41, 5.74) is 2.22. The Morgan fingerprint density at radius 1 is 0.933 bits per heavy atom. The molecule has 0 aliphatic heterocycles. The largest absolute Gasteiger partial charge is 0.497 e. The van der Waals surface area contributed by atoms with Crippen LogP contribution < -0.4 is 14.9 Å². The summed E-state index contributed by atoms with van der Waals surface area (Å²) in [6, 6.07) is 21.3. The summed E-state index contributed by atoms with van der Waals surface area (Å²) >= 11 is 0. The Labute approximate surface area is 173 Å². The van der Waals surface area contributed by atoms with Crippen LogP contribution in [0.3, 0.4) is 0 Å². The van der Waals surface area contributed by atoms with Gasteiger partial charge in [-0.2, -0.15) is 0 Å². The maximum absolute atomic E-state index is 13.0. The van der Waals surface area contributed by atoms with Crippen molar-refractivity contribution >= 4 is 16.8 Å². The van der Waals surface area contributed by atoms with E-state index in [9.17, 15) is 9.59 Å². The van der Waals surface area contributed by atoms with E-state index in [1.165, 1.54) is 0 Å². The van der Waals surface area contributed by atoms with Crippen molar-refractivity contribution < 1.29 is 18.7 Å². The minimum atomic E-state index is -0.158. The lowest BCUT2D eigenvalue weighted by atomic mass is 10.0. The second-order valence-corrected chi connectivity index (χ2v) is 6.83. The van der Waals surface area contributed by atoms with Crippen molar-refractivity contribution in [2.45, 2.75) is 6.92 Å². The number of methoxy groups -OCH3 is 1. The maximum Gasteiger partial charge on any atom is 0.200 e. The quantitative estimate of drug-likeness (QED) is 0.424. The van der Waals surface area contributed by atoms with Crippen LogP contribution in [0.1, 0.15) is 16.1 Å². The van der Waals surface area contributed by atoms with Gasteiger partial charge >= 0.3 is 0 Å². The predicted molar refractivity (Wildman–Crippen MR) is 115 cm³/mol. The Bertz CT molecular complexity index is 1250. The molecule has 0 spiro atoms. The van der Waals surface area contributed by atoms with E-state index in [1.54, 1.807) is 56.5 Å². The van der Waals surface area contributed by atoms with Crippen LogP contribution in [-0.2, 0) is 0 Å². The van der Waals surface area contributed by atoms with Gasteiger partial charge in [-0.1, -0.05) is 30.3 Å². The molecular formula is C25H20O5. The van der Waals surface area contributed by atoms with Gasteiger partial charge in [0.05, 0.1) is 18.1 Å². The van der Waals surface area contributed by atoms with E-state index < -0.39 is 0 Å². The molecule has 0 aliphatic rings. The zero-order valence-corrected chi connectivity index (χ0v) is 16.7. The third-order valence-electron chi connectivity index (χ3n) is 4.88. The maximum atomic E-state index is 13.0. The number of Topliss-reactive ketones (excluding diaryl/α,β-unsaturated/α-hetero) is 1. The fourth-order valence-electron chi connectivity index (χ4n) is 3.32. The van der Waals surface area contributed by atoms with E-state index in [4.69, 9.17) is 13.9 Å². The van der Waals surface area contributed by atoms with Crippen LogP contribution in [0.4, 0.5) is 0 Å². The van der Waals surface area contributed by atoms with Gasteiger partial charge in [0, 0.05) is 11.6 Å². The average Bonchev–Trinajstić information content (AvgIpc) is 2.78. The van der Waals surface area contributed by atoms with Crippen LogP contribution in [0.15, 0.2) is 82.0 Å². The van der Waals surface area contributed by atoms with Gasteiger partial charge < -0.3 is 13.9 Å². The van der Waals surface area contributed by atoms with Crippen LogP contribution >= 0.6 is 0 Å². The molecule has 4 aromatic rings. The van der Waals surface area contributed by atoms with E-state index in [2.05, 4.69) is 0 Å². The van der Waals surface area contributed by atoms with E-state index in [0.717, 1.165) is 5.56 Å². The molecular weight excluding hydrogens is 380 g/mol. The van der Waals surface area contributed by atoms with Crippen molar-refractivity contribution in [2.24, 2.45) is 0 Å². The molecule has 150 valence electrons. The van der Waals surface area contributed by atoms with Gasteiger partial charge in [0.2, 0.25) is 5.43 Å². The molecule has 0 radical (unpaired) electrons. The summed E-state index contributed by atoms with van der Waals surface area (Å²) in [6.07, 6.45) is 0. The first kappa shape index (κ1) is 19.5. The molecule has 3 aromatic carbocycles. The zero-order chi connectivity index (χ0) is 21.1. The summed E-state index contributed by atoms with van der Waals surface area (Å²) in [5, 5.41) is 0.466. The second kappa shape index (κ2) is 8.25. The summed E-state index contributed by atoms with van der Waals surface area (Å²) < 4.78 is 16.6. The number of carbonyl (C=O) groups excluding carboxylic acids is 1. The number of fused-ring (bicyclic) bond motifs is 1. The molecule has 0 N–H and O–H groups in total. The smallest absolute Gasteiger partial charge is 0.200 e. The molecule has 1 heterocycles. The summed E-state index contributed by atoms with van der Waals surface area (Å²) in [4.78, 5) is 25.4. The molecule has 0 saturated carbocycles. The first-order valence-corrected chi connectivity index (χ1v) is 9.50. The fraction of sp³-hybridized carbons (Fsp3) is 0.120. The Hall–Kier alpha value is -3.86. The molecule has 0 saturated heterocycles. The lowest BCUT2D eigenvalue weighted by Gasteiger charge is -2.09. The molecule has 0 aliphatic carbocycles. The predicted octanol–water partition coefficient (Wildman–Crippen LogP) is 5.04. The van der Waals surface area contributed by atoms with Gasteiger partial charge in [0.1, 0.15) is 22.8 Å². The summed E-state index contributed by atoms with van der Waals surface area (Å²) in [5.74, 6) is 1.52. The number of aryl methyl sites for hydroxylation is 1. The number of rotatable bonds is 6. The molecule has 5 heteroatoms. The second-order valence-electron chi connectivity index (χ2n) is 6.83. The van der Waals surface area contributed by atoms with Gasteiger partial charge in [-0.05, 0) is 48.9 Å². The molecule has 0 amide bonds. The Balaban J connectivity index is 1.58. The van der Waals surface area contributed by atoms with Crippen LogP contribution in [0.5, 0.6) is 11.5 Å². The van der Waals surface area contributed by atoms with Gasteiger partial charge in [-0.15, -0.1) is 0 Å². The van der Waals surface area contributed by atoms with Crippen molar-refractivity contribution in [1.82, 2.24) is 0 Å². The number of benzene rings is 3. The van der Waals surface area contributed by atoms with Crippen LogP contribution in [0.25, 0.3) is 22.1 Å². The molecule has 30 heavy (non-hydrogen) atoms. The zero-order valence-electron chi connectivity index (χ0n) is 16.7. The fourth-order valence-corrected chi connectivity index (χ4v) is 3.32. The minimum absolute atomic E-state index is 0.0965. The Kier molecular flexibility index (Phi) is 5.35. The summed E-state index contributed by atoms with van der Waals surface area (Å²) in [6.45, 7) is 1.65. The molecule has 1 aromatic heterocycles. The Morgan fingerprint density at radius 2 is 1.63 bits per heavy atom. The highest BCUT2D eigenvalue weighted by molar-refractivity contribution is 5.97. The molecule has 0 atom stereocenters. The molecule has 0 unspecified atom stereocenters. The van der Waals surface area contributed by atoms with E-state index >= 15 is 0 Å². The third-order valence-corrected chi connectivity index (χ3v) is 4.88. The highest BCUT2D eigenvalue weighted by atomic mass is 16.5. The number of hydrogen-bond donors (Lipinski definition) is 0. The Morgan fingerprint density at radius 3 is 2.33 bits per heavy atom. The molecule has 4 rings (SSSR count). The van der Waals surface area contributed by atoms with Gasteiger partial charge in [-0.25, -0.2) is 0 Å². The van der Waals surface area contributed by atoms with Crippen molar-refractivity contribution in [3.05, 3.63) is 94.3 Å². The van der Waals surface area contributed by atoms with Crippen LogP contribution in [0, 0.1) is 6.92 Å². The SMILES string of the molecule is COc1ccc(C(=O)COc2ccc3c(=O)c(-c4ccccc4)c(C)oc3c2)cc1. The average molecular weight is 400 g/mol. The van der Waals surface area contributed by atoms with Crippen molar-refractivity contribution in [3.8, 4) is 22.6 Å². The lowest BCUT2D eigenvalue weighted by molar-refractivity contribution is 0.0921. The normalized spacial score (nSPS) is 10.7. The molecule has 5 nitrogen and oxygen atoms in total. The van der Waals surface area contributed by atoms with Crippen molar-refractivity contribution in [2.75, 3.05) is 13.7 Å². The van der Waals surface area contributed by atoms with E-state index in [0.29, 0.717) is 39.4 Å². The number of hydrogen-bond acceptors (Lipinski definition) is 5. The number of ketones is 1. The lowest BCUT2D eigenvalue weighted by Crippen LogP contribution is -2.12. The highest BCUT2D eigenvalue weighted by Crippen LogP contribution is 2.26. The first-order chi connectivity index (χ1) is 14.6. The first-order valence-electron chi connectivity index (χ1n) is 9.50. The number of carbonyl (C=O) groups is 1. The molecule has 0 fully saturated rings. The van der Waals surface area contributed by atoms with E-state index in [1.807, 2.05) is 30.3 Å². The highest BCUT2D eigenvalue weighted by Gasteiger charge is 2.14. The standard InChI is InChI=1S/C25H20O5/c1-16-24(18-6-4-3-5-7-18)25(27)21-13-12-20(14-23(21)30-16)29-15-22(26)17-8-10-19(28-2)11-9-17/h3-14H,15H2,1-2H3. The van der Waals surface area contributed by atoms with E-state index in [-0.39, 0.29) is 17.8 Å². The van der Waals surface area contributed by atoms with Gasteiger partial charge in [-0.3, -0.25) is 9.59 Å². The topological polar surface area (TPSA) is 65.7 Å². The van der Waals surface area contributed by atoms with Gasteiger partial charge in [0.25, 0.3) is 0 Å². The van der Waals surface area contributed by atoms with Crippen molar-refractivity contribution in [3.63, 3.8) is 0 Å². The van der Waals surface area contributed by atoms with Crippen molar-refractivity contribution in [1.29, 1.82) is 0 Å². The monoisotopic (exact) mass is 400 g/mol. The third kappa shape index (κ3) is 3.82. The van der Waals surface area contributed by atoms with Crippen LogP contribution in [-0.4, -0.2) is 19.5 Å². The minimum Gasteiger partial charge on any atom is -0.497 e. The van der Waals surface area contributed by atoms with Crippen LogP contribution in [0.2, 0.25) is 0 Å². The number of ether oxygens (including phenoxy) is 2.